The molecule has 0 radical (unpaired) electrons. The predicted octanol–water partition coefficient (Wildman–Crippen LogP) is 5.02. The summed E-state index contributed by atoms with van der Waals surface area (Å²) in [4.78, 5) is 24.7. The molecule has 1 amide bonds. The number of amides is 1. The van der Waals surface area contributed by atoms with Gasteiger partial charge in [-0.1, -0.05) is 59.1 Å². The van der Waals surface area contributed by atoms with Crippen molar-refractivity contribution in [1.82, 2.24) is 9.62 Å². The lowest BCUT2D eigenvalue weighted by atomic mass is 10.1. The Morgan fingerprint density at radius 3 is 2.45 bits per heavy atom. The molecule has 12 heteroatoms. The van der Waals surface area contributed by atoms with Gasteiger partial charge in [-0.05, 0) is 72.4 Å². The van der Waals surface area contributed by atoms with Crippen LogP contribution in [0, 0.1) is 0 Å². The van der Waals surface area contributed by atoms with Crippen LogP contribution >= 0.6 is 34.8 Å². The van der Waals surface area contributed by atoms with Crippen LogP contribution in [0.25, 0.3) is 0 Å². The van der Waals surface area contributed by atoms with Crippen molar-refractivity contribution in [2.24, 2.45) is 0 Å². The first-order valence-corrected chi connectivity index (χ1v) is 15.1. The van der Waals surface area contributed by atoms with E-state index in [0.29, 0.717) is 16.3 Å². The fourth-order valence-electron chi connectivity index (χ4n) is 4.50. The number of carbonyl (C=O) groups is 2. The number of ether oxygens (including phenoxy) is 1. The SMILES string of the molecule is O=C(CN(CCOc1ccc2c(c1)CCC2)S(=O)(=O)c1ccc(Cl)cc1Cl)NC(Cc1ccccc1Cl)C(=O)O. The summed E-state index contributed by atoms with van der Waals surface area (Å²) in [6, 6.07) is 15.0. The fraction of sp³-hybridized carbons (Fsp3) is 0.286. The average molecular weight is 626 g/mol. The standard InChI is InChI=1S/C28H27Cl3N2O6S/c29-21-9-11-26(24(31)16-21)40(37,38)33(12-13-39-22-10-8-18-5-3-6-19(18)14-22)17-27(34)32-25(28(35)36)15-20-4-1-2-7-23(20)30/h1-2,4,7-11,14,16,25H,3,5-6,12-13,15,17H2,(H,32,34)(H,35,36). The second kappa shape index (κ2) is 13.2. The van der Waals surface area contributed by atoms with Crippen molar-refractivity contribution in [2.45, 2.75) is 36.6 Å². The van der Waals surface area contributed by atoms with Crippen LogP contribution in [0.1, 0.15) is 23.1 Å². The van der Waals surface area contributed by atoms with Crippen molar-refractivity contribution in [3.8, 4) is 5.75 Å². The van der Waals surface area contributed by atoms with Gasteiger partial charge in [-0.3, -0.25) is 4.79 Å². The number of sulfonamides is 1. The van der Waals surface area contributed by atoms with Crippen LogP contribution in [-0.2, 0) is 38.9 Å². The molecule has 0 saturated heterocycles. The van der Waals surface area contributed by atoms with E-state index in [9.17, 15) is 23.1 Å². The minimum Gasteiger partial charge on any atom is -0.492 e. The lowest BCUT2D eigenvalue weighted by Crippen LogP contribution is -2.48. The van der Waals surface area contributed by atoms with E-state index >= 15 is 0 Å². The second-order valence-corrected chi connectivity index (χ2v) is 12.5. The summed E-state index contributed by atoms with van der Waals surface area (Å²) in [5, 5.41) is 12.6. The van der Waals surface area contributed by atoms with Crippen molar-refractivity contribution in [3.05, 3.63) is 92.4 Å². The highest BCUT2D eigenvalue weighted by atomic mass is 35.5. The first-order valence-electron chi connectivity index (χ1n) is 12.5. The lowest BCUT2D eigenvalue weighted by molar-refractivity contribution is -0.141. The molecule has 0 aliphatic heterocycles. The zero-order valence-electron chi connectivity index (χ0n) is 21.3. The molecular formula is C28H27Cl3N2O6S. The third-order valence-corrected chi connectivity index (χ3v) is 9.46. The minimum absolute atomic E-state index is 0.0571. The van der Waals surface area contributed by atoms with E-state index in [1.54, 1.807) is 24.3 Å². The molecule has 0 spiro atoms. The Balaban J connectivity index is 1.51. The second-order valence-electron chi connectivity index (χ2n) is 9.30. The van der Waals surface area contributed by atoms with Gasteiger partial charge in [0.1, 0.15) is 23.3 Å². The van der Waals surface area contributed by atoms with Crippen molar-refractivity contribution in [2.75, 3.05) is 19.7 Å². The molecule has 0 bridgehead atoms. The van der Waals surface area contributed by atoms with Gasteiger partial charge >= 0.3 is 5.97 Å². The molecule has 0 aromatic heterocycles. The number of carboxylic acid groups (broad SMARTS) is 1. The van der Waals surface area contributed by atoms with Crippen molar-refractivity contribution in [1.29, 1.82) is 0 Å². The Morgan fingerprint density at radius 2 is 1.73 bits per heavy atom. The molecule has 0 heterocycles. The number of hydrogen-bond donors (Lipinski definition) is 2. The monoisotopic (exact) mass is 624 g/mol. The number of nitrogens with zero attached hydrogens (tertiary/aromatic N) is 1. The maximum absolute atomic E-state index is 13.6. The van der Waals surface area contributed by atoms with Crippen LogP contribution in [0.3, 0.4) is 0 Å². The number of nitrogens with one attached hydrogen (secondary N) is 1. The molecule has 1 aliphatic carbocycles. The Hall–Kier alpha value is -2.82. The first-order chi connectivity index (χ1) is 19.0. The maximum atomic E-state index is 13.6. The van der Waals surface area contributed by atoms with E-state index < -0.39 is 34.5 Å². The molecule has 1 aliphatic rings. The van der Waals surface area contributed by atoms with Crippen molar-refractivity contribution < 1.29 is 27.9 Å². The number of rotatable bonds is 12. The summed E-state index contributed by atoms with van der Waals surface area (Å²) in [7, 11) is -4.30. The number of fused-ring (bicyclic) bond motifs is 1. The summed E-state index contributed by atoms with van der Waals surface area (Å²) in [6.45, 7) is -0.923. The maximum Gasteiger partial charge on any atom is 0.326 e. The Bertz CT molecular complexity index is 1520. The van der Waals surface area contributed by atoms with Crippen LogP contribution in [0.2, 0.25) is 15.1 Å². The van der Waals surface area contributed by atoms with E-state index in [1.165, 1.54) is 29.3 Å². The Kier molecular flexibility index (Phi) is 9.97. The quantitative estimate of drug-likeness (QED) is 0.292. The normalized spacial score (nSPS) is 13.6. The summed E-state index contributed by atoms with van der Waals surface area (Å²) in [6.07, 6.45) is 2.97. The van der Waals surface area contributed by atoms with Crippen LogP contribution < -0.4 is 10.1 Å². The van der Waals surface area contributed by atoms with Gasteiger partial charge in [0.15, 0.2) is 0 Å². The smallest absolute Gasteiger partial charge is 0.326 e. The van der Waals surface area contributed by atoms with E-state index in [0.717, 1.165) is 23.6 Å². The molecule has 3 aromatic rings. The summed E-state index contributed by atoms with van der Waals surface area (Å²) in [5.41, 5.74) is 3.00. The van der Waals surface area contributed by atoms with E-state index in [1.807, 2.05) is 18.2 Å². The van der Waals surface area contributed by atoms with Crippen LogP contribution in [0.5, 0.6) is 5.75 Å². The van der Waals surface area contributed by atoms with E-state index in [2.05, 4.69) is 5.32 Å². The van der Waals surface area contributed by atoms with Gasteiger partial charge < -0.3 is 15.2 Å². The van der Waals surface area contributed by atoms with Gasteiger partial charge in [-0.2, -0.15) is 4.31 Å². The number of aliphatic carboxylic acids is 1. The van der Waals surface area contributed by atoms with Gasteiger partial charge in [0.05, 0.1) is 11.6 Å². The van der Waals surface area contributed by atoms with Gasteiger partial charge in [0.2, 0.25) is 15.9 Å². The number of carboxylic acids is 1. The van der Waals surface area contributed by atoms with Gasteiger partial charge in [0, 0.05) is 23.0 Å². The Labute approximate surface area is 247 Å². The van der Waals surface area contributed by atoms with Crippen molar-refractivity contribution in [3.63, 3.8) is 0 Å². The van der Waals surface area contributed by atoms with Gasteiger partial charge in [-0.25, -0.2) is 13.2 Å². The third-order valence-electron chi connectivity index (χ3n) is 6.53. The van der Waals surface area contributed by atoms with Crippen molar-refractivity contribution >= 4 is 56.7 Å². The van der Waals surface area contributed by atoms with Gasteiger partial charge in [-0.15, -0.1) is 0 Å². The predicted molar refractivity (Wildman–Crippen MR) is 154 cm³/mol. The van der Waals surface area contributed by atoms with E-state index in [-0.39, 0.29) is 34.5 Å². The molecular weight excluding hydrogens is 599 g/mol. The molecule has 1 atom stereocenters. The number of halogens is 3. The van der Waals surface area contributed by atoms with E-state index in [4.69, 9.17) is 39.5 Å². The molecule has 3 aromatic carbocycles. The number of hydrogen-bond acceptors (Lipinski definition) is 5. The Morgan fingerprint density at radius 1 is 0.975 bits per heavy atom. The molecule has 4 rings (SSSR count). The fourth-order valence-corrected chi connectivity index (χ4v) is 6.83. The van der Waals surface area contributed by atoms with Crippen LogP contribution in [-0.4, -0.2) is 55.4 Å². The molecule has 40 heavy (non-hydrogen) atoms. The largest absolute Gasteiger partial charge is 0.492 e. The lowest BCUT2D eigenvalue weighted by Gasteiger charge is -2.24. The van der Waals surface area contributed by atoms with Crippen LogP contribution in [0.4, 0.5) is 0 Å². The summed E-state index contributed by atoms with van der Waals surface area (Å²) < 4.78 is 33.9. The first kappa shape index (κ1) is 30.1. The molecule has 2 N–H and O–H groups in total. The topological polar surface area (TPSA) is 113 Å². The van der Waals surface area contributed by atoms with Crippen LogP contribution in [0.15, 0.2) is 65.6 Å². The van der Waals surface area contributed by atoms with Gasteiger partial charge in [0.25, 0.3) is 0 Å². The minimum atomic E-state index is -4.30. The summed E-state index contributed by atoms with van der Waals surface area (Å²) >= 11 is 18.3. The number of benzene rings is 3. The molecule has 1 unspecified atom stereocenters. The molecule has 0 fully saturated rings. The number of carbonyl (C=O) groups excluding carboxylic acids is 1. The average Bonchev–Trinajstić information content (AvgIpc) is 3.36. The number of aryl methyl sites for hydroxylation is 2. The highest BCUT2D eigenvalue weighted by molar-refractivity contribution is 7.89. The molecule has 0 saturated carbocycles. The third kappa shape index (κ3) is 7.47. The highest BCUT2D eigenvalue weighted by Gasteiger charge is 2.30. The summed E-state index contributed by atoms with van der Waals surface area (Å²) in [5.74, 6) is -1.51. The highest BCUT2D eigenvalue weighted by Crippen LogP contribution is 2.28. The zero-order chi connectivity index (χ0) is 28.9. The zero-order valence-corrected chi connectivity index (χ0v) is 24.4. The molecule has 8 nitrogen and oxygen atoms in total. The molecule has 212 valence electrons.